The van der Waals surface area contributed by atoms with E-state index in [2.05, 4.69) is 37.3 Å². The quantitative estimate of drug-likeness (QED) is 0.351. The summed E-state index contributed by atoms with van der Waals surface area (Å²) < 4.78 is -0.253. The van der Waals surface area contributed by atoms with Gasteiger partial charge in [0.25, 0.3) is 0 Å². The van der Waals surface area contributed by atoms with Crippen molar-refractivity contribution >= 4 is 55.5 Å². The molecule has 0 aliphatic heterocycles. The summed E-state index contributed by atoms with van der Waals surface area (Å²) in [6.07, 6.45) is 0. The molecule has 0 radical (unpaired) electrons. The Hall–Kier alpha value is 2.47. The number of nitrogens with two attached hydrogens (primary N) is 2. The molecule has 0 spiro atoms. The summed E-state index contributed by atoms with van der Waals surface area (Å²) in [5.41, 5.74) is 10.6. The van der Waals surface area contributed by atoms with Gasteiger partial charge in [-0.2, -0.15) is 0 Å². The summed E-state index contributed by atoms with van der Waals surface area (Å²) in [5, 5.41) is 0. The van der Waals surface area contributed by atoms with Crippen LogP contribution < -0.4 is 11.5 Å². The fourth-order valence-electron chi connectivity index (χ4n) is 0. The summed E-state index contributed by atoms with van der Waals surface area (Å²) >= 11 is 4.36. The van der Waals surface area contributed by atoms with Crippen molar-refractivity contribution in [3.8, 4) is 0 Å². The SMILES string of the molecule is N[CH](N)[Sn]([Cl])([I])[I]. The van der Waals surface area contributed by atoms with Gasteiger partial charge in [0.15, 0.2) is 0 Å². The number of hydrogen-bond donors (Lipinski definition) is 2. The molecule has 4 N–H and O–H groups in total. The summed E-state index contributed by atoms with van der Waals surface area (Å²) in [6.45, 7) is 0. The maximum atomic E-state index is 5.80. The Labute approximate surface area is 69.7 Å². The second kappa shape index (κ2) is 3.59. The van der Waals surface area contributed by atoms with Crippen LogP contribution in [0.3, 0.4) is 0 Å². The van der Waals surface area contributed by atoms with Crippen LogP contribution in [0.5, 0.6) is 0 Å². The monoisotopic (exact) mass is 454 g/mol. The van der Waals surface area contributed by atoms with Crippen LogP contribution in [0.1, 0.15) is 0 Å². The Kier molecular flexibility index (Phi) is 4.86. The molecule has 0 aliphatic rings. The zero-order chi connectivity index (χ0) is 6.08. The standard InChI is InChI=1S/CH5N2.ClH.2HI.Sn/c2-1-3;;;;/h1H,2-3H2;3*1H;/q;;;;+3/p-3. The molecule has 0 amide bonds. The van der Waals surface area contributed by atoms with Gasteiger partial charge in [-0.25, -0.2) is 0 Å². The van der Waals surface area contributed by atoms with Gasteiger partial charge in [-0.1, -0.05) is 0 Å². The van der Waals surface area contributed by atoms with E-state index in [-0.39, 0.29) is 4.18 Å². The average Bonchev–Trinajstić information content (AvgIpc) is 1.31. The van der Waals surface area contributed by atoms with Gasteiger partial charge in [0.2, 0.25) is 0 Å². The molecule has 0 aromatic carbocycles. The fraction of sp³-hybridized carbons (Fsp3) is 1.00. The molecule has 0 unspecified atom stereocenters. The van der Waals surface area contributed by atoms with E-state index in [1.54, 1.807) is 0 Å². The topological polar surface area (TPSA) is 52.0 Å². The predicted octanol–water partition coefficient (Wildman–Crippen LogP) is 0.817. The Morgan fingerprint density at radius 2 is 1.57 bits per heavy atom. The van der Waals surface area contributed by atoms with Crippen LogP contribution in [-0.4, -0.2) is 13.5 Å². The van der Waals surface area contributed by atoms with Crippen molar-refractivity contribution in [3.63, 3.8) is 0 Å². The molecular formula is CH5ClI2N2Sn. The van der Waals surface area contributed by atoms with E-state index in [9.17, 15) is 0 Å². The Morgan fingerprint density at radius 1 is 1.43 bits per heavy atom. The van der Waals surface area contributed by atoms with Crippen molar-refractivity contribution < 1.29 is 0 Å². The van der Waals surface area contributed by atoms with E-state index >= 15 is 0 Å². The van der Waals surface area contributed by atoms with E-state index in [0.717, 1.165) is 0 Å². The first-order chi connectivity index (χ1) is 2.94. The van der Waals surface area contributed by atoms with E-state index in [1.165, 1.54) is 0 Å². The first-order valence-corrected chi connectivity index (χ1v) is 23.4. The van der Waals surface area contributed by atoms with E-state index in [4.69, 9.17) is 20.4 Å². The maximum absolute atomic E-state index is 5.80. The summed E-state index contributed by atoms with van der Waals surface area (Å²) in [6, 6.07) is 0. The van der Waals surface area contributed by atoms with E-state index in [1.807, 2.05) is 0 Å². The first-order valence-electron chi connectivity index (χ1n) is 1.52. The van der Waals surface area contributed by atoms with Crippen molar-refractivity contribution in [2.75, 3.05) is 0 Å². The number of halogens is 3. The third kappa shape index (κ3) is 4.94. The van der Waals surface area contributed by atoms with Gasteiger partial charge < -0.3 is 0 Å². The van der Waals surface area contributed by atoms with Crippen molar-refractivity contribution in [1.82, 2.24) is 0 Å². The summed E-state index contributed by atoms with van der Waals surface area (Å²) in [4.78, 5) is 0. The van der Waals surface area contributed by atoms with Crippen LogP contribution in [0, 0.1) is 0 Å². The Morgan fingerprint density at radius 3 is 1.57 bits per heavy atom. The van der Waals surface area contributed by atoms with Gasteiger partial charge in [-0.05, 0) is 0 Å². The third-order valence-electron chi connectivity index (χ3n) is 0.378. The van der Waals surface area contributed by atoms with Crippen molar-refractivity contribution in [2.45, 2.75) is 4.18 Å². The van der Waals surface area contributed by atoms with Gasteiger partial charge in [-0.3, -0.25) is 0 Å². The van der Waals surface area contributed by atoms with Gasteiger partial charge in [0, 0.05) is 0 Å². The molecule has 6 heteroatoms. The van der Waals surface area contributed by atoms with Gasteiger partial charge in [-0.15, -0.1) is 0 Å². The second-order valence-electron chi connectivity index (χ2n) is 1.07. The summed E-state index contributed by atoms with van der Waals surface area (Å²) in [5.74, 6) is 0. The third-order valence-corrected chi connectivity index (χ3v) is 13.9. The molecule has 0 atom stereocenters. The van der Waals surface area contributed by atoms with Crippen LogP contribution in [0.4, 0.5) is 0 Å². The zero-order valence-corrected chi connectivity index (χ0v) is 11.3. The molecule has 0 aromatic rings. The molecule has 0 saturated heterocycles. The minimum atomic E-state index is -2.40. The number of hydrogen-bond acceptors (Lipinski definition) is 2. The molecule has 0 fully saturated rings. The van der Waals surface area contributed by atoms with Gasteiger partial charge in [0.1, 0.15) is 0 Å². The first kappa shape index (κ1) is 9.47. The molecule has 0 bridgehead atoms. The molecule has 0 heterocycles. The van der Waals surface area contributed by atoms with Crippen molar-refractivity contribution in [2.24, 2.45) is 11.5 Å². The minimum absolute atomic E-state index is 0.253. The molecule has 0 saturated carbocycles. The molecule has 2 nitrogen and oxygen atoms in total. The Bertz CT molecular complexity index is 61.2. The normalized spacial score (nSPS) is 12.9. The molecule has 0 aliphatic carbocycles. The Balaban J connectivity index is 3.54. The zero-order valence-electron chi connectivity index (χ0n) is 3.37. The molecule has 0 aromatic heterocycles. The predicted molar refractivity (Wildman–Crippen MR) is 51.8 cm³/mol. The van der Waals surface area contributed by atoms with Crippen molar-refractivity contribution in [1.29, 1.82) is 0 Å². The van der Waals surface area contributed by atoms with E-state index in [0.29, 0.717) is 0 Å². The molecule has 7 heavy (non-hydrogen) atoms. The molecular weight excluding hydrogens is 448 g/mol. The van der Waals surface area contributed by atoms with Crippen LogP contribution in [-0.2, 0) is 0 Å². The van der Waals surface area contributed by atoms with Gasteiger partial charge >= 0.3 is 71.2 Å². The van der Waals surface area contributed by atoms with Gasteiger partial charge in [0.05, 0.1) is 0 Å². The fourth-order valence-corrected chi connectivity index (χ4v) is 0. The average molecular weight is 453 g/mol. The van der Waals surface area contributed by atoms with E-state index < -0.39 is 9.31 Å². The molecule has 0 rings (SSSR count). The second-order valence-corrected chi connectivity index (χ2v) is 55.3. The van der Waals surface area contributed by atoms with Crippen LogP contribution in [0.15, 0.2) is 0 Å². The van der Waals surface area contributed by atoms with Crippen LogP contribution in [0.25, 0.3) is 0 Å². The number of rotatable bonds is 1. The van der Waals surface area contributed by atoms with Crippen LogP contribution >= 0.6 is 46.2 Å². The molecule has 44 valence electrons. The van der Waals surface area contributed by atoms with Crippen LogP contribution in [0.2, 0.25) is 0 Å². The van der Waals surface area contributed by atoms with Crippen molar-refractivity contribution in [3.05, 3.63) is 0 Å². The summed E-state index contributed by atoms with van der Waals surface area (Å²) in [7, 11) is 3.40.